The van der Waals surface area contributed by atoms with Crippen LogP contribution in [0, 0.1) is 0 Å². The Hall–Kier alpha value is -0.960. The third kappa shape index (κ3) is 3.87. The maximum atomic E-state index is 11.6. The van der Waals surface area contributed by atoms with E-state index in [0.717, 1.165) is 22.9 Å². The van der Waals surface area contributed by atoms with Crippen molar-refractivity contribution in [1.29, 1.82) is 0 Å². The van der Waals surface area contributed by atoms with Crippen LogP contribution in [0.3, 0.4) is 0 Å². The van der Waals surface area contributed by atoms with Crippen LogP contribution in [0.25, 0.3) is 10.2 Å². The molecule has 1 fully saturated rings. The first-order chi connectivity index (χ1) is 10.8. The van der Waals surface area contributed by atoms with Gasteiger partial charge in [0.2, 0.25) is 0 Å². The molecule has 1 aromatic heterocycles. The van der Waals surface area contributed by atoms with Crippen molar-refractivity contribution in [3.8, 4) is 0 Å². The lowest BCUT2D eigenvalue weighted by atomic mass is 10.3. The lowest BCUT2D eigenvalue weighted by molar-refractivity contribution is 0.0949. The lowest BCUT2D eigenvalue weighted by Crippen LogP contribution is -2.46. The maximum absolute atomic E-state index is 11.6. The molecule has 2 heterocycles. The van der Waals surface area contributed by atoms with Crippen molar-refractivity contribution in [3.63, 3.8) is 0 Å². The van der Waals surface area contributed by atoms with Crippen molar-refractivity contribution in [2.45, 2.75) is 11.3 Å². The first kappa shape index (κ1) is 15.9. The molecule has 8 heteroatoms. The van der Waals surface area contributed by atoms with Gasteiger partial charge in [0.25, 0.3) is 0 Å². The second-order valence-corrected chi connectivity index (χ2v) is 8.18. The molecule has 1 aliphatic heterocycles. The molecule has 0 N–H and O–H groups in total. The third-order valence-electron chi connectivity index (χ3n) is 3.25. The van der Waals surface area contributed by atoms with E-state index in [2.05, 4.69) is 15.4 Å². The van der Waals surface area contributed by atoms with Gasteiger partial charge in [-0.05, 0) is 40.8 Å². The molecule has 1 aliphatic rings. The number of benzene rings is 1. The fraction of sp³-hybridized carbons (Fsp3) is 0.429. The van der Waals surface area contributed by atoms with E-state index in [-0.39, 0.29) is 6.09 Å². The van der Waals surface area contributed by atoms with Crippen molar-refractivity contribution in [2.75, 3.05) is 32.8 Å². The molecule has 1 saturated heterocycles. The highest BCUT2D eigenvalue weighted by molar-refractivity contribution is 8.76. The summed E-state index contributed by atoms with van der Waals surface area (Å²) in [7, 11) is 3.40. The highest BCUT2D eigenvalue weighted by Crippen LogP contribution is 2.38. The normalized spacial score (nSPS) is 16.1. The summed E-state index contributed by atoms with van der Waals surface area (Å²) < 4.78 is 9.59. The van der Waals surface area contributed by atoms with E-state index in [1.165, 1.54) is 4.70 Å². The van der Waals surface area contributed by atoms with Crippen LogP contribution in [0.15, 0.2) is 28.6 Å². The van der Waals surface area contributed by atoms with Gasteiger partial charge in [-0.2, -0.15) is 0 Å². The summed E-state index contributed by atoms with van der Waals surface area (Å²) in [4.78, 5) is 18.0. The predicted octanol–water partition coefficient (Wildman–Crippen LogP) is 3.73. The molecular formula is C14H17N3O2S3. The zero-order valence-corrected chi connectivity index (χ0v) is 14.7. The Morgan fingerprint density at radius 2 is 2.09 bits per heavy atom. The SMILES string of the molecule is CCOC(=O)N1CCN(SSc2nc3ccccc3s2)CC1. The summed E-state index contributed by atoms with van der Waals surface area (Å²) in [6, 6.07) is 8.19. The number of carbonyl (C=O) groups is 1. The number of fused-ring (bicyclic) bond motifs is 1. The Kier molecular flexibility index (Phi) is 5.46. The van der Waals surface area contributed by atoms with Gasteiger partial charge in [0.15, 0.2) is 4.34 Å². The first-order valence-electron chi connectivity index (χ1n) is 7.13. The number of hydrogen-bond donors (Lipinski definition) is 0. The zero-order valence-electron chi connectivity index (χ0n) is 12.2. The highest BCUT2D eigenvalue weighted by atomic mass is 33.1. The molecule has 0 atom stereocenters. The van der Waals surface area contributed by atoms with Gasteiger partial charge >= 0.3 is 6.09 Å². The largest absolute Gasteiger partial charge is 0.450 e. The summed E-state index contributed by atoms with van der Waals surface area (Å²) in [5, 5.41) is 0. The molecule has 1 aromatic carbocycles. The fourth-order valence-corrected chi connectivity index (χ4v) is 5.50. The maximum Gasteiger partial charge on any atom is 0.409 e. The Bertz CT molecular complexity index is 608. The second kappa shape index (κ2) is 7.54. The Labute approximate surface area is 141 Å². The minimum absolute atomic E-state index is 0.203. The van der Waals surface area contributed by atoms with E-state index in [4.69, 9.17) is 4.74 Å². The van der Waals surface area contributed by atoms with Gasteiger partial charge in [-0.25, -0.2) is 14.1 Å². The van der Waals surface area contributed by atoms with Gasteiger partial charge in [0, 0.05) is 26.2 Å². The van der Waals surface area contributed by atoms with Crippen LogP contribution in [-0.4, -0.2) is 53.1 Å². The number of nitrogens with zero attached hydrogens (tertiary/aromatic N) is 3. The van der Waals surface area contributed by atoms with Crippen LogP contribution in [0.2, 0.25) is 0 Å². The van der Waals surface area contributed by atoms with Crippen molar-refractivity contribution in [3.05, 3.63) is 24.3 Å². The number of aromatic nitrogens is 1. The summed E-state index contributed by atoms with van der Waals surface area (Å²) in [6.07, 6.45) is -0.203. The third-order valence-corrected chi connectivity index (χ3v) is 7.11. The van der Waals surface area contributed by atoms with Gasteiger partial charge in [-0.3, -0.25) is 0 Å². The smallest absolute Gasteiger partial charge is 0.409 e. The molecule has 1 amide bonds. The number of amides is 1. The summed E-state index contributed by atoms with van der Waals surface area (Å²) >= 11 is 1.72. The summed E-state index contributed by atoms with van der Waals surface area (Å²) in [6.45, 7) is 5.39. The number of rotatable bonds is 4. The van der Waals surface area contributed by atoms with Crippen molar-refractivity contribution in [2.24, 2.45) is 0 Å². The summed E-state index contributed by atoms with van der Waals surface area (Å²) in [5.74, 6) is 0. The predicted molar refractivity (Wildman–Crippen MR) is 93.2 cm³/mol. The zero-order chi connectivity index (χ0) is 15.4. The molecular weight excluding hydrogens is 338 g/mol. The minimum Gasteiger partial charge on any atom is -0.450 e. The van der Waals surface area contributed by atoms with E-state index in [9.17, 15) is 4.79 Å². The Morgan fingerprint density at radius 3 is 2.82 bits per heavy atom. The van der Waals surface area contributed by atoms with E-state index >= 15 is 0 Å². The lowest BCUT2D eigenvalue weighted by Gasteiger charge is -2.32. The Balaban J connectivity index is 1.48. The van der Waals surface area contributed by atoms with E-state index in [1.54, 1.807) is 38.0 Å². The molecule has 0 unspecified atom stereocenters. The number of piperazine rings is 1. The molecule has 0 bridgehead atoms. The van der Waals surface area contributed by atoms with Crippen LogP contribution in [0.5, 0.6) is 0 Å². The second-order valence-electron chi connectivity index (χ2n) is 4.72. The van der Waals surface area contributed by atoms with E-state index in [0.29, 0.717) is 19.7 Å². The molecule has 0 saturated carbocycles. The van der Waals surface area contributed by atoms with Crippen molar-refractivity contribution in [1.82, 2.24) is 14.2 Å². The van der Waals surface area contributed by atoms with Crippen LogP contribution >= 0.6 is 33.1 Å². The van der Waals surface area contributed by atoms with Gasteiger partial charge < -0.3 is 9.64 Å². The van der Waals surface area contributed by atoms with Crippen LogP contribution in [-0.2, 0) is 4.74 Å². The fourth-order valence-electron chi connectivity index (χ4n) is 2.13. The van der Waals surface area contributed by atoms with Gasteiger partial charge in [0.1, 0.15) is 0 Å². The molecule has 0 aliphatic carbocycles. The number of thiazole rings is 1. The topological polar surface area (TPSA) is 45.7 Å². The molecule has 22 heavy (non-hydrogen) atoms. The minimum atomic E-state index is -0.203. The molecule has 5 nitrogen and oxygen atoms in total. The number of hydrogen-bond acceptors (Lipinski definition) is 7. The van der Waals surface area contributed by atoms with Crippen LogP contribution in [0.1, 0.15) is 6.92 Å². The quantitative estimate of drug-likeness (QED) is 0.615. The molecule has 3 rings (SSSR count). The van der Waals surface area contributed by atoms with Crippen molar-refractivity contribution < 1.29 is 9.53 Å². The van der Waals surface area contributed by atoms with E-state index < -0.39 is 0 Å². The average molecular weight is 356 g/mol. The first-order valence-corrected chi connectivity index (χ1v) is 10.1. The number of para-hydroxylation sites is 1. The van der Waals surface area contributed by atoms with Crippen LogP contribution in [0.4, 0.5) is 4.79 Å². The van der Waals surface area contributed by atoms with E-state index in [1.807, 2.05) is 25.1 Å². The molecule has 118 valence electrons. The van der Waals surface area contributed by atoms with Crippen LogP contribution < -0.4 is 0 Å². The molecule has 0 spiro atoms. The van der Waals surface area contributed by atoms with Gasteiger partial charge in [-0.15, -0.1) is 11.3 Å². The number of carbonyl (C=O) groups excluding carboxylic acids is 1. The van der Waals surface area contributed by atoms with Gasteiger partial charge in [0.05, 0.1) is 16.8 Å². The van der Waals surface area contributed by atoms with Gasteiger partial charge in [-0.1, -0.05) is 12.1 Å². The average Bonchev–Trinajstić information content (AvgIpc) is 2.96. The monoisotopic (exact) mass is 355 g/mol. The Morgan fingerprint density at radius 1 is 1.32 bits per heavy atom. The summed E-state index contributed by atoms with van der Waals surface area (Å²) in [5.41, 5.74) is 1.06. The standard InChI is InChI=1S/C14H17N3O2S3/c1-2-19-14(18)16-7-9-17(10-8-16)22-21-13-15-11-5-3-4-6-12(11)20-13/h3-6H,2,7-10H2,1H3. The molecule has 2 aromatic rings. The number of ether oxygens (including phenoxy) is 1. The molecule has 0 radical (unpaired) electrons. The van der Waals surface area contributed by atoms with Crippen molar-refractivity contribution >= 4 is 49.4 Å². The highest BCUT2D eigenvalue weighted by Gasteiger charge is 2.22.